The molecule has 0 aliphatic carbocycles. The van der Waals surface area contributed by atoms with Crippen LogP contribution in [0.3, 0.4) is 0 Å². The van der Waals surface area contributed by atoms with E-state index in [1.54, 1.807) is 0 Å². The van der Waals surface area contributed by atoms with E-state index in [2.05, 4.69) is 16.8 Å². The molecule has 13 heavy (non-hydrogen) atoms. The minimum atomic E-state index is 0.285. The smallest absolute Gasteiger partial charge is 0.0553 e. The summed E-state index contributed by atoms with van der Waals surface area (Å²) < 4.78 is 0. The Kier molecular flexibility index (Phi) is 2.40. The molecule has 1 aromatic heterocycles. The molecule has 2 atom stereocenters. The Morgan fingerprint density at radius 1 is 1.38 bits per heavy atom. The average molecular weight is 197 g/mol. The summed E-state index contributed by atoms with van der Waals surface area (Å²) in [6.45, 7) is 4.20. The molecule has 1 aromatic rings. The van der Waals surface area contributed by atoms with E-state index in [-0.39, 0.29) is 5.38 Å². The maximum absolute atomic E-state index is 6.15. The number of hydrogen-bond acceptors (Lipinski definition) is 2. The molecule has 0 bridgehead atoms. The Labute approximate surface area is 83.5 Å². The summed E-state index contributed by atoms with van der Waals surface area (Å²) in [7, 11) is 0. The summed E-state index contributed by atoms with van der Waals surface area (Å²) >= 11 is 6.15. The monoisotopic (exact) mass is 196 g/mol. The zero-order valence-corrected chi connectivity index (χ0v) is 8.41. The van der Waals surface area contributed by atoms with Crippen LogP contribution in [-0.2, 0) is 0 Å². The van der Waals surface area contributed by atoms with Gasteiger partial charge in [-0.15, -0.1) is 11.6 Å². The van der Waals surface area contributed by atoms with Crippen LogP contribution in [-0.4, -0.2) is 23.5 Å². The second-order valence-electron chi connectivity index (χ2n) is 3.60. The van der Waals surface area contributed by atoms with Gasteiger partial charge >= 0.3 is 0 Å². The Balaban J connectivity index is 2.12. The summed E-state index contributed by atoms with van der Waals surface area (Å²) in [4.78, 5) is 6.30. The minimum absolute atomic E-state index is 0.285. The van der Waals surface area contributed by atoms with Crippen LogP contribution < -0.4 is 4.90 Å². The van der Waals surface area contributed by atoms with Crippen molar-refractivity contribution < 1.29 is 0 Å². The summed E-state index contributed by atoms with van der Waals surface area (Å²) in [6, 6.07) is 4.06. The molecule has 0 spiro atoms. The van der Waals surface area contributed by atoms with Gasteiger partial charge in [0.2, 0.25) is 0 Å². The number of anilines is 1. The summed E-state index contributed by atoms with van der Waals surface area (Å²) in [5.41, 5.74) is 1.23. The van der Waals surface area contributed by atoms with Crippen molar-refractivity contribution in [1.29, 1.82) is 0 Å². The Morgan fingerprint density at radius 3 is 2.62 bits per heavy atom. The van der Waals surface area contributed by atoms with Crippen LogP contribution in [0.2, 0.25) is 0 Å². The first-order valence-corrected chi connectivity index (χ1v) is 5.00. The molecule has 2 heterocycles. The molecule has 1 aliphatic rings. The van der Waals surface area contributed by atoms with E-state index in [9.17, 15) is 0 Å². The number of aromatic nitrogens is 1. The zero-order valence-electron chi connectivity index (χ0n) is 7.65. The van der Waals surface area contributed by atoms with Gasteiger partial charge in [0.25, 0.3) is 0 Å². The van der Waals surface area contributed by atoms with Gasteiger partial charge in [-0.25, -0.2) is 0 Å². The first-order chi connectivity index (χ1) is 6.27. The van der Waals surface area contributed by atoms with Crippen molar-refractivity contribution in [3.8, 4) is 0 Å². The van der Waals surface area contributed by atoms with Gasteiger partial charge in [-0.2, -0.15) is 0 Å². The molecule has 3 heteroatoms. The van der Waals surface area contributed by atoms with E-state index in [0.717, 1.165) is 13.1 Å². The molecule has 70 valence electrons. The van der Waals surface area contributed by atoms with Crippen LogP contribution in [0, 0.1) is 5.92 Å². The van der Waals surface area contributed by atoms with Crippen molar-refractivity contribution in [2.45, 2.75) is 12.3 Å². The van der Waals surface area contributed by atoms with E-state index in [1.165, 1.54) is 5.69 Å². The third-order valence-corrected chi connectivity index (χ3v) is 3.12. The fourth-order valence-electron chi connectivity index (χ4n) is 1.69. The maximum atomic E-state index is 6.15. The Bertz CT molecular complexity index is 266. The van der Waals surface area contributed by atoms with Crippen LogP contribution in [0.1, 0.15) is 6.92 Å². The van der Waals surface area contributed by atoms with Crippen LogP contribution in [0.5, 0.6) is 0 Å². The highest BCUT2D eigenvalue weighted by Gasteiger charge is 2.27. The highest BCUT2D eigenvalue weighted by molar-refractivity contribution is 6.21. The molecule has 1 saturated heterocycles. The summed E-state index contributed by atoms with van der Waals surface area (Å²) in [5, 5.41) is 0.285. The second-order valence-corrected chi connectivity index (χ2v) is 4.16. The predicted molar refractivity (Wildman–Crippen MR) is 55.3 cm³/mol. The third-order valence-electron chi connectivity index (χ3n) is 2.55. The lowest BCUT2D eigenvalue weighted by atomic mass is 10.2. The van der Waals surface area contributed by atoms with Crippen molar-refractivity contribution in [2.24, 2.45) is 5.92 Å². The van der Waals surface area contributed by atoms with E-state index >= 15 is 0 Å². The number of pyridine rings is 1. The van der Waals surface area contributed by atoms with Gasteiger partial charge in [-0.3, -0.25) is 4.98 Å². The Morgan fingerprint density at radius 2 is 2.08 bits per heavy atom. The van der Waals surface area contributed by atoms with Crippen molar-refractivity contribution in [3.63, 3.8) is 0 Å². The van der Waals surface area contributed by atoms with Crippen molar-refractivity contribution in [2.75, 3.05) is 18.0 Å². The second kappa shape index (κ2) is 3.54. The van der Waals surface area contributed by atoms with Crippen molar-refractivity contribution in [3.05, 3.63) is 24.5 Å². The van der Waals surface area contributed by atoms with Crippen molar-refractivity contribution in [1.82, 2.24) is 4.98 Å². The van der Waals surface area contributed by atoms with Gasteiger partial charge in [0.05, 0.1) is 5.38 Å². The number of rotatable bonds is 1. The molecular weight excluding hydrogens is 184 g/mol. The van der Waals surface area contributed by atoms with Crippen LogP contribution in [0.4, 0.5) is 5.69 Å². The van der Waals surface area contributed by atoms with E-state index in [4.69, 9.17) is 11.6 Å². The molecule has 0 N–H and O–H groups in total. The standard InChI is InChI=1S/C10H13ClN2/c1-8-6-13(7-10(8)11)9-2-4-12-5-3-9/h2-5,8,10H,6-7H2,1H3. The van der Waals surface area contributed by atoms with E-state index < -0.39 is 0 Å². The molecular formula is C10H13ClN2. The number of hydrogen-bond donors (Lipinski definition) is 0. The van der Waals surface area contributed by atoms with Crippen LogP contribution in [0.15, 0.2) is 24.5 Å². The van der Waals surface area contributed by atoms with Gasteiger partial charge in [-0.05, 0) is 18.1 Å². The maximum Gasteiger partial charge on any atom is 0.0553 e. The fourth-order valence-corrected chi connectivity index (χ4v) is 1.94. The molecule has 0 amide bonds. The SMILES string of the molecule is CC1CN(c2ccncc2)CC1Cl. The van der Waals surface area contributed by atoms with Gasteiger partial charge in [0.1, 0.15) is 0 Å². The van der Waals surface area contributed by atoms with Gasteiger partial charge in [0, 0.05) is 31.2 Å². The lowest BCUT2D eigenvalue weighted by molar-refractivity contribution is 0.666. The van der Waals surface area contributed by atoms with E-state index in [1.807, 2.05) is 24.5 Å². The molecule has 1 aliphatic heterocycles. The number of nitrogens with zero attached hydrogens (tertiary/aromatic N) is 2. The normalized spacial score (nSPS) is 28.0. The summed E-state index contributed by atoms with van der Waals surface area (Å²) in [6.07, 6.45) is 3.64. The highest BCUT2D eigenvalue weighted by Crippen LogP contribution is 2.26. The minimum Gasteiger partial charge on any atom is -0.370 e. The van der Waals surface area contributed by atoms with Crippen LogP contribution in [0.25, 0.3) is 0 Å². The predicted octanol–water partition coefficient (Wildman–Crippen LogP) is 2.15. The molecule has 2 nitrogen and oxygen atoms in total. The number of halogens is 1. The molecule has 0 aromatic carbocycles. The molecule has 1 fully saturated rings. The lowest BCUT2D eigenvalue weighted by Gasteiger charge is -2.17. The van der Waals surface area contributed by atoms with Gasteiger partial charge in [0.15, 0.2) is 0 Å². The molecule has 0 radical (unpaired) electrons. The highest BCUT2D eigenvalue weighted by atomic mass is 35.5. The molecule has 0 saturated carbocycles. The Hall–Kier alpha value is -0.760. The first kappa shape index (κ1) is 8.82. The number of alkyl halides is 1. The molecule has 2 unspecified atom stereocenters. The molecule has 2 rings (SSSR count). The average Bonchev–Trinajstić information content (AvgIpc) is 2.49. The quantitative estimate of drug-likeness (QED) is 0.640. The van der Waals surface area contributed by atoms with E-state index in [0.29, 0.717) is 5.92 Å². The topological polar surface area (TPSA) is 16.1 Å². The first-order valence-electron chi connectivity index (χ1n) is 4.56. The largest absolute Gasteiger partial charge is 0.370 e. The van der Waals surface area contributed by atoms with Crippen LogP contribution >= 0.6 is 11.6 Å². The fraction of sp³-hybridized carbons (Fsp3) is 0.500. The van der Waals surface area contributed by atoms with Gasteiger partial charge < -0.3 is 4.90 Å². The third kappa shape index (κ3) is 1.78. The lowest BCUT2D eigenvalue weighted by Crippen LogP contribution is -2.19. The zero-order chi connectivity index (χ0) is 9.26. The van der Waals surface area contributed by atoms with Gasteiger partial charge in [-0.1, -0.05) is 6.92 Å². The summed E-state index contributed by atoms with van der Waals surface area (Å²) in [5.74, 6) is 0.579. The van der Waals surface area contributed by atoms with Crippen molar-refractivity contribution >= 4 is 17.3 Å².